The van der Waals surface area contributed by atoms with Gasteiger partial charge in [0.15, 0.2) is 0 Å². The topological polar surface area (TPSA) is 97.0 Å². The molecule has 1 heterocycles. The largest absolute Gasteiger partial charge is 0.495 e. The van der Waals surface area contributed by atoms with Crippen LogP contribution in [0.25, 0.3) is 0 Å². The molecule has 3 amide bonds. The van der Waals surface area contributed by atoms with Crippen molar-refractivity contribution in [3.63, 3.8) is 0 Å². The third-order valence-electron chi connectivity index (χ3n) is 4.40. The Morgan fingerprint density at radius 3 is 2.52 bits per heavy atom. The van der Waals surface area contributed by atoms with E-state index in [0.29, 0.717) is 35.2 Å². The van der Waals surface area contributed by atoms with Crippen molar-refractivity contribution in [2.24, 2.45) is 0 Å². The molecular weight excluding hydrogens is 374 g/mol. The van der Waals surface area contributed by atoms with Crippen LogP contribution in [0.5, 0.6) is 11.5 Å². The number of rotatable bonds is 7. The molecule has 152 valence electrons. The van der Waals surface area contributed by atoms with Crippen LogP contribution >= 0.6 is 0 Å². The average Bonchev–Trinajstić information content (AvgIpc) is 2.96. The molecule has 29 heavy (non-hydrogen) atoms. The second-order valence-corrected chi connectivity index (χ2v) is 6.49. The monoisotopic (exact) mass is 397 g/mol. The van der Waals surface area contributed by atoms with Gasteiger partial charge in [-0.15, -0.1) is 0 Å². The summed E-state index contributed by atoms with van der Waals surface area (Å²) >= 11 is 0. The third kappa shape index (κ3) is 4.48. The summed E-state index contributed by atoms with van der Waals surface area (Å²) in [6.07, 6.45) is 0.0135. The van der Waals surface area contributed by atoms with E-state index in [1.54, 1.807) is 42.5 Å². The van der Waals surface area contributed by atoms with Crippen molar-refractivity contribution in [3.8, 4) is 11.5 Å². The van der Waals surface area contributed by atoms with Crippen LogP contribution in [0.3, 0.4) is 0 Å². The van der Waals surface area contributed by atoms with E-state index in [0.717, 1.165) is 4.90 Å². The van der Waals surface area contributed by atoms with Gasteiger partial charge in [-0.3, -0.25) is 14.4 Å². The molecule has 2 aromatic rings. The third-order valence-corrected chi connectivity index (χ3v) is 4.40. The number of ether oxygens (including phenoxy) is 2. The molecular formula is C21H23N3O5. The minimum atomic E-state index is -0.740. The van der Waals surface area contributed by atoms with Crippen LogP contribution in [0.15, 0.2) is 42.5 Å². The molecule has 0 aliphatic carbocycles. The van der Waals surface area contributed by atoms with E-state index in [-0.39, 0.29) is 24.1 Å². The number of carbonyl (C=O) groups excluding carboxylic acids is 3. The second kappa shape index (κ2) is 8.64. The fourth-order valence-corrected chi connectivity index (χ4v) is 3.16. The Morgan fingerprint density at radius 2 is 1.90 bits per heavy atom. The fraction of sp³-hybridized carbons (Fsp3) is 0.286. The predicted molar refractivity (Wildman–Crippen MR) is 109 cm³/mol. The lowest BCUT2D eigenvalue weighted by atomic mass is 10.2. The molecule has 0 unspecified atom stereocenters. The first-order valence-electron chi connectivity index (χ1n) is 9.24. The van der Waals surface area contributed by atoms with Gasteiger partial charge in [0.25, 0.3) is 5.91 Å². The number of methoxy groups -OCH3 is 1. The van der Waals surface area contributed by atoms with Gasteiger partial charge < -0.3 is 20.1 Å². The van der Waals surface area contributed by atoms with Gasteiger partial charge in [-0.25, -0.2) is 4.90 Å². The number of hydrogen-bond donors (Lipinski definition) is 2. The Balaban J connectivity index is 1.80. The zero-order valence-corrected chi connectivity index (χ0v) is 16.5. The number of imide groups is 1. The SMILES string of the molecule is CCOc1ccc(N2C(=O)C[C@@H](Nc3cc(NC(C)=O)ccc3OC)C2=O)cc1. The molecule has 0 spiro atoms. The molecule has 1 atom stereocenters. The smallest absolute Gasteiger partial charge is 0.256 e. The summed E-state index contributed by atoms with van der Waals surface area (Å²) in [5, 5.41) is 5.76. The Morgan fingerprint density at radius 1 is 1.17 bits per heavy atom. The molecule has 8 nitrogen and oxygen atoms in total. The quantitative estimate of drug-likeness (QED) is 0.698. The summed E-state index contributed by atoms with van der Waals surface area (Å²) in [7, 11) is 1.51. The van der Waals surface area contributed by atoms with E-state index in [1.807, 2.05) is 6.92 Å². The number of nitrogens with zero attached hydrogens (tertiary/aromatic N) is 1. The van der Waals surface area contributed by atoms with E-state index < -0.39 is 6.04 Å². The van der Waals surface area contributed by atoms with Crippen molar-refractivity contribution in [1.29, 1.82) is 0 Å². The van der Waals surface area contributed by atoms with E-state index in [9.17, 15) is 14.4 Å². The fourth-order valence-electron chi connectivity index (χ4n) is 3.16. The van der Waals surface area contributed by atoms with Gasteiger partial charge in [0, 0.05) is 12.6 Å². The standard InChI is InChI=1S/C21H23N3O5/c1-4-29-16-8-6-15(7-9-16)24-20(26)12-18(21(24)27)23-17-11-14(22-13(2)25)5-10-19(17)28-3/h5-11,18,23H,4,12H2,1-3H3,(H,22,25)/t18-/m1/s1. The van der Waals surface area contributed by atoms with Crippen LogP contribution in [-0.2, 0) is 14.4 Å². The molecule has 0 aromatic heterocycles. The molecule has 0 saturated carbocycles. The first-order valence-corrected chi connectivity index (χ1v) is 9.24. The molecule has 8 heteroatoms. The van der Waals surface area contributed by atoms with Gasteiger partial charge >= 0.3 is 0 Å². The first-order chi connectivity index (χ1) is 13.9. The lowest BCUT2D eigenvalue weighted by Gasteiger charge is -2.18. The van der Waals surface area contributed by atoms with E-state index in [4.69, 9.17) is 9.47 Å². The van der Waals surface area contributed by atoms with E-state index in [1.165, 1.54) is 14.0 Å². The van der Waals surface area contributed by atoms with Gasteiger partial charge in [0.05, 0.1) is 31.5 Å². The molecule has 1 aliphatic heterocycles. The highest BCUT2D eigenvalue weighted by Gasteiger charge is 2.40. The number of carbonyl (C=O) groups is 3. The molecule has 1 aliphatic rings. The number of hydrogen-bond acceptors (Lipinski definition) is 6. The lowest BCUT2D eigenvalue weighted by molar-refractivity contribution is -0.121. The molecule has 2 N–H and O–H groups in total. The second-order valence-electron chi connectivity index (χ2n) is 6.49. The number of anilines is 3. The van der Waals surface area contributed by atoms with Crippen molar-refractivity contribution in [1.82, 2.24) is 0 Å². The van der Waals surface area contributed by atoms with Crippen LogP contribution in [0.2, 0.25) is 0 Å². The summed E-state index contributed by atoms with van der Waals surface area (Å²) in [6, 6.07) is 11.1. The highest BCUT2D eigenvalue weighted by molar-refractivity contribution is 6.23. The van der Waals surface area contributed by atoms with Crippen LogP contribution < -0.4 is 25.0 Å². The molecule has 1 fully saturated rings. The van der Waals surface area contributed by atoms with Crippen molar-refractivity contribution in [2.45, 2.75) is 26.3 Å². The molecule has 0 bridgehead atoms. The highest BCUT2D eigenvalue weighted by atomic mass is 16.5. The summed E-state index contributed by atoms with van der Waals surface area (Å²) in [6.45, 7) is 3.82. The van der Waals surface area contributed by atoms with Crippen molar-refractivity contribution in [2.75, 3.05) is 29.3 Å². The maximum atomic E-state index is 12.9. The Kier molecular flexibility index (Phi) is 6.01. The van der Waals surface area contributed by atoms with E-state index in [2.05, 4.69) is 10.6 Å². The molecule has 1 saturated heterocycles. The number of amides is 3. The minimum absolute atomic E-state index is 0.0135. The molecule has 0 radical (unpaired) electrons. The zero-order chi connectivity index (χ0) is 21.0. The van der Waals surface area contributed by atoms with Gasteiger partial charge in [-0.1, -0.05) is 0 Å². The Bertz CT molecular complexity index is 926. The minimum Gasteiger partial charge on any atom is -0.495 e. The predicted octanol–water partition coefficient (Wildman–Crippen LogP) is 2.80. The van der Waals surface area contributed by atoms with Crippen LogP contribution in [-0.4, -0.2) is 37.5 Å². The first kappa shape index (κ1) is 20.2. The number of nitrogens with one attached hydrogen (secondary N) is 2. The summed E-state index contributed by atoms with van der Waals surface area (Å²) in [4.78, 5) is 37.9. The maximum Gasteiger partial charge on any atom is 0.256 e. The molecule has 3 rings (SSSR count). The zero-order valence-electron chi connectivity index (χ0n) is 16.5. The van der Waals surface area contributed by atoms with Gasteiger partial charge in [-0.05, 0) is 49.4 Å². The van der Waals surface area contributed by atoms with Crippen LogP contribution in [0, 0.1) is 0 Å². The van der Waals surface area contributed by atoms with Crippen LogP contribution in [0.1, 0.15) is 20.3 Å². The average molecular weight is 397 g/mol. The van der Waals surface area contributed by atoms with Crippen LogP contribution in [0.4, 0.5) is 17.1 Å². The van der Waals surface area contributed by atoms with Crippen molar-refractivity contribution in [3.05, 3.63) is 42.5 Å². The van der Waals surface area contributed by atoms with Gasteiger partial charge in [-0.2, -0.15) is 0 Å². The maximum absolute atomic E-state index is 12.9. The Hall–Kier alpha value is -3.55. The highest BCUT2D eigenvalue weighted by Crippen LogP contribution is 2.32. The normalized spacial score (nSPS) is 16.0. The Labute approximate surface area is 168 Å². The van der Waals surface area contributed by atoms with Crippen molar-refractivity contribution >= 4 is 34.8 Å². The number of benzene rings is 2. The van der Waals surface area contributed by atoms with Crippen molar-refractivity contribution < 1.29 is 23.9 Å². The summed E-state index contributed by atoms with van der Waals surface area (Å²) < 4.78 is 10.7. The molecule has 2 aromatic carbocycles. The van der Waals surface area contributed by atoms with E-state index >= 15 is 0 Å². The van der Waals surface area contributed by atoms with Gasteiger partial charge in [0.2, 0.25) is 11.8 Å². The summed E-state index contributed by atoms with van der Waals surface area (Å²) in [5.41, 5.74) is 1.56. The summed E-state index contributed by atoms with van der Waals surface area (Å²) in [5.74, 6) is 0.304. The van der Waals surface area contributed by atoms with Gasteiger partial charge in [0.1, 0.15) is 17.5 Å². The lowest BCUT2D eigenvalue weighted by Crippen LogP contribution is -2.34.